The Labute approximate surface area is 112 Å². The quantitative estimate of drug-likeness (QED) is 0.705. The van der Waals surface area contributed by atoms with E-state index in [0.29, 0.717) is 24.0 Å². The number of benzene rings is 1. The molecule has 0 aliphatic carbocycles. The van der Waals surface area contributed by atoms with Crippen LogP contribution in [-0.2, 0) is 0 Å². The molecule has 0 fully saturated rings. The van der Waals surface area contributed by atoms with Crippen LogP contribution in [0.4, 0.5) is 0 Å². The number of hydrogen-bond donors (Lipinski definition) is 0. The fraction of sp³-hybridized carbons (Fsp3) is 0.538. The summed E-state index contributed by atoms with van der Waals surface area (Å²) in [4.78, 5) is 0. The summed E-state index contributed by atoms with van der Waals surface area (Å²) in [5, 5.41) is 0.468. The second-order valence-electron chi connectivity index (χ2n) is 5.25. The fourth-order valence-corrected chi connectivity index (χ4v) is 2.24. The van der Waals surface area contributed by atoms with Crippen molar-refractivity contribution < 1.29 is 9.47 Å². The summed E-state index contributed by atoms with van der Waals surface area (Å²) in [6.45, 7) is 7.37. The molecule has 1 aliphatic heterocycles. The molecule has 1 heterocycles. The molecule has 4 heteroatoms. The molecule has 0 bridgehead atoms. The van der Waals surface area contributed by atoms with Crippen LogP contribution in [0.1, 0.15) is 31.7 Å². The van der Waals surface area contributed by atoms with E-state index in [0.717, 1.165) is 11.3 Å². The van der Waals surface area contributed by atoms with E-state index < -0.39 is 0 Å². The van der Waals surface area contributed by atoms with Crippen LogP contribution in [0.25, 0.3) is 0 Å². The SMILES string of the molecule is CC(C)(C)C(Cl)c1cc2c(cc1Cl)OCCO2. The lowest BCUT2D eigenvalue weighted by Gasteiger charge is -2.28. The van der Waals surface area contributed by atoms with Gasteiger partial charge in [-0.1, -0.05) is 32.4 Å². The Hall–Kier alpha value is -0.600. The topological polar surface area (TPSA) is 18.5 Å². The second kappa shape index (κ2) is 4.58. The first-order valence-corrected chi connectivity index (χ1v) is 6.44. The zero-order chi connectivity index (χ0) is 12.6. The van der Waals surface area contributed by atoms with Crippen LogP contribution in [0.5, 0.6) is 11.5 Å². The molecule has 0 saturated carbocycles. The van der Waals surface area contributed by atoms with E-state index in [1.54, 1.807) is 6.07 Å². The predicted molar refractivity (Wildman–Crippen MR) is 70.5 cm³/mol. The van der Waals surface area contributed by atoms with Crippen molar-refractivity contribution in [1.82, 2.24) is 0 Å². The molecule has 1 unspecified atom stereocenters. The van der Waals surface area contributed by atoms with Crippen molar-refractivity contribution >= 4 is 23.2 Å². The summed E-state index contributed by atoms with van der Waals surface area (Å²) in [6, 6.07) is 3.67. The molecule has 94 valence electrons. The van der Waals surface area contributed by atoms with Gasteiger partial charge in [0.15, 0.2) is 11.5 Å². The van der Waals surface area contributed by atoms with E-state index >= 15 is 0 Å². The van der Waals surface area contributed by atoms with Gasteiger partial charge in [0, 0.05) is 11.1 Å². The van der Waals surface area contributed by atoms with Gasteiger partial charge in [-0.05, 0) is 17.0 Å². The zero-order valence-corrected chi connectivity index (χ0v) is 11.7. The summed E-state index contributed by atoms with van der Waals surface area (Å²) >= 11 is 12.7. The molecule has 0 radical (unpaired) electrons. The van der Waals surface area contributed by atoms with Crippen LogP contribution in [0, 0.1) is 5.41 Å². The molecule has 17 heavy (non-hydrogen) atoms. The molecule has 1 aliphatic rings. The van der Waals surface area contributed by atoms with Gasteiger partial charge in [-0.15, -0.1) is 11.6 Å². The predicted octanol–water partition coefficient (Wildman–Crippen LogP) is 4.44. The number of alkyl halides is 1. The first-order chi connectivity index (χ1) is 7.89. The van der Waals surface area contributed by atoms with Crippen molar-refractivity contribution in [3.8, 4) is 11.5 Å². The molecule has 0 aromatic heterocycles. The van der Waals surface area contributed by atoms with Crippen molar-refractivity contribution in [3.05, 3.63) is 22.7 Å². The smallest absolute Gasteiger partial charge is 0.162 e. The normalized spacial score (nSPS) is 16.8. The highest BCUT2D eigenvalue weighted by Gasteiger charge is 2.28. The van der Waals surface area contributed by atoms with Gasteiger partial charge in [0.1, 0.15) is 13.2 Å². The molecule has 2 rings (SSSR count). The first-order valence-electron chi connectivity index (χ1n) is 5.62. The van der Waals surface area contributed by atoms with Crippen LogP contribution in [0.15, 0.2) is 12.1 Å². The van der Waals surface area contributed by atoms with Crippen molar-refractivity contribution in [3.63, 3.8) is 0 Å². The van der Waals surface area contributed by atoms with Crippen LogP contribution in [0.2, 0.25) is 5.02 Å². The van der Waals surface area contributed by atoms with Gasteiger partial charge >= 0.3 is 0 Å². The molecular weight excluding hydrogens is 259 g/mol. The molecule has 0 N–H and O–H groups in total. The van der Waals surface area contributed by atoms with E-state index in [1.165, 1.54) is 0 Å². The van der Waals surface area contributed by atoms with E-state index in [-0.39, 0.29) is 10.8 Å². The average molecular weight is 275 g/mol. The monoisotopic (exact) mass is 274 g/mol. The highest BCUT2D eigenvalue weighted by atomic mass is 35.5. The molecular formula is C13H16Cl2O2. The van der Waals surface area contributed by atoms with Crippen LogP contribution >= 0.6 is 23.2 Å². The van der Waals surface area contributed by atoms with E-state index in [9.17, 15) is 0 Å². The second-order valence-corrected chi connectivity index (χ2v) is 6.09. The van der Waals surface area contributed by atoms with E-state index in [2.05, 4.69) is 20.8 Å². The minimum Gasteiger partial charge on any atom is -0.486 e. The summed E-state index contributed by atoms with van der Waals surface area (Å²) < 4.78 is 11.0. The van der Waals surface area contributed by atoms with Gasteiger partial charge in [-0.3, -0.25) is 0 Å². The maximum absolute atomic E-state index is 6.45. The largest absolute Gasteiger partial charge is 0.486 e. The van der Waals surface area contributed by atoms with Crippen LogP contribution in [0.3, 0.4) is 0 Å². The fourth-order valence-electron chi connectivity index (χ4n) is 1.74. The molecule has 0 saturated heterocycles. The Morgan fingerprint density at radius 2 is 1.65 bits per heavy atom. The van der Waals surface area contributed by atoms with Gasteiger partial charge in [0.2, 0.25) is 0 Å². The zero-order valence-electron chi connectivity index (χ0n) is 10.2. The number of fused-ring (bicyclic) bond motifs is 1. The third kappa shape index (κ3) is 2.63. The maximum Gasteiger partial charge on any atom is 0.162 e. The van der Waals surface area contributed by atoms with E-state index in [1.807, 2.05) is 6.07 Å². The average Bonchev–Trinajstić information content (AvgIpc) is 2.26. The van der Waals surface area contributed by atoms with Crippen molar-refractivity contribution in [2.75, 3.05) is 13.2 Å². The Morgan fingerprint density at radius 3 is 2.18 bits per heavy atom. The summed E-state index contributed by atoms with van der Waals surface area (Å²) in [5.41, 5.74) is 0.833. The number of halogens is 2. The molecule has 0 spiro atoms. The first kappa shape index (κ1) is 12.8. The lowest BCUT2D eigenvalue weighted by molar-refractivity contribution is 0.171. The molecule has 1 atom stereocenters. The van der Waals surface area contributed by atoms with Crippen molar-refractivity contribution in [2.24, 2.45) is 5.41 Å². The molecule has 2 nitrogen and oxygen atoms in total. The Balaban J connectivity index is 2.41. The van der Waals surface area contributed by atoms with Gasteiger partial charge < -0.3 is 9.47 Å². The van der Waals surface area contributed by atoms with Crippen molar-refractivity contribution in [1.29, 1.82) is 0 Å². The minimum absolute atomic E-state index is 0.0606. The maximum atomic E-state index is 6.45. The van der Waals surface area contributed by atoms with Crippen LogP contribution in [-0.4, -0.2) is 13.2 Å². The Morgan fingerprint density at radius 1 is 1.12 bits per heavy atom. The lowest BCUT2D eigenvalue weighted by atomic mass is 9.87. The van der Waals surface area contributed by atoms with Gasteiger partial charge in [0.05, 0.1) is 5.38 Å². The number of ether oxygens (including phenoxy) is 2. The summed E-state index contributed by atoms with van der Waals surface area (Å²) in [7, 11) is 0. The van der Waals surface area contributed by atoms with Gasteiger partial charge in [-0.25, -0.2) is 0 Å². The van der Waals surface area contributed by atoms with E-state index in [4.69, 9.17) is 32.7 Å². The number of hydrogen-bond acceptors (Lipinski definition) is 2. The Bertz CT molecular complexity index is 424. The molecule has 1 aromatic rings. The Kier molecular flexibility index (Phi) is 3.46. The molecule has 0 amide bonds. The highest BCUT2D eigenvalue weighted by Crippen LogP contribution is 2.45. The summed E-state index contributed by atoms with van der Waals surface area (Å²) in [5.74, 6) is 1.42. The lowest BCUT2D eigenvalue weighted by Crippen LogP contribution is -2.17. The standard InChI is InChI=1S/C13H16Cl2O2/c1-13(2,3)12(15)8-6-10-11(7-9(8)14)17-5-4-16-10/h6-7,12H,4-5H2,1-3H3. The van der Waals surface area contributed by atoms with Gasteiger partial charge in [0.25, 0.3) is 0 Å². The third-order valence-corrected chi connectivity index (χ3v) is 3.91. The molecule has 1 aromatic carbocycles. The number of rotatable bonds is 1. The third-order valence-electron chi connectivity index (χ3n) is 2.69. The van der Waals surface area contributed by atoms with Gasteiger partial charge in [-0.2, -0.15) is 0 Å². The highest BCUT2D eigenvalue weighted by molar-refractivity contribution is 6.33. The van der Waals surface area contributed by atoms with Crippen LogP contribution < -0.4 is 9.47 Å². The minimum atomic E-state index is -0.161. The summed E-state index contributed by atoms with van der Waals surface area (Å²) in [6.07, 6.45) is 0. The van der Waals surface area contributed by atoms with Crippen molar-refractivity contribution in [2.45, 2.75) is 26.1 Å².